The van der Waals surface area contributed by atoms with E-state index in [0.29, 0.717) is 17.8 Å². The van der Waals surface area contributed by atoms with Gasteiger partial charge in [0, 0.05) is 17.8 Å². The Balaban J connectivity index is 1.32. The Labute approximate surface area is 162 Å². The second-order valence-corrected chi connectivity index (χ2v) is 11.1. The molecular formula is C25H32O2. The van der Waals surface area contributed by atoms with Gasteiger partial charge in [0.05, 0.1) is 0 Å². The van der Waals surface area contributed by atoms with E-state index in [1.54, 1.807) is 5.57 Å². The second kappa shape index (κ2) is 4.74. The van der Waals surface area contributed by atoms with E-state index in [9.17, 15) is 4.79 Å². The zero-order valence-corrected chi connectivity index (χ0v) is 16.6. The quantitative estimate of drug-likeness (QED) is 0.591. The third kappa shape index (κ3) is 1.66. The zero-order valence-electron chi connectivity index (χ0n) is 16.6. The van der Waals surface area contributed by atoms with E-state index >= 15 is 0 Å². The molecule has 7 rings (SSSR count). The molecule has 0 aromatic carbocycles. The molecule has 144 valence electrons. The highest BCUT2D eigenvalue weighted by atomic mass is 16.6. The number of hydrogen-bond donors (Lipinski definition) is 0. The summed E-state index contributed by atoms with van der Waals surface area (Å²) < 4.78 is 6.31. The van der Waals surface area contributed by atoms with Crippen molar-refractivity contribution in [1.29, 1.82) is 0 Å². The molecule has 7 unspecified atom stereocenters. The van der Waals surface area contributed by atoms with E-state index in [-0.39, 0.29) is 11.6 Å². The maximum absolute atomic E-state index is 12.2. The number of esters is 1. The van der Waals surface area contributed by atoms with Crippen molar-refractivity contribution in [1.82, 2.24) is 0 Å². The summed E-state index contributed by atoms with van der Waals surface area (Å²) in [6.07, 6.45) is 13.5. The van der Waals surface area contributed by atoms with Crippen molar-refractivity contribution in [2.24, 2.45) is 52.8 Å². The molecule has 7 aliphatic rings. The van der Waals surface area contributed by atoms with Gasteiger partial charge in [-0.3, -0.25) is 4.79 Å². The van der Waals surface area contributed by atoms with Crippen molar-refractivity contribution in [2.45, 2.75) is 70.3 Å². The molecule has 6 fully saturated rings. The third-order valence-electron chi connectivity index (χ3n) is 10.7. The van der Waals surface area contributed by atoms with Gasteiger partial charge in [-0.2, -0.15) is 0 Å². The van der Waals surface area contributed by atoms with Gasteiger partial charge in [0.1, 0.15) is 5.60 Å². The average Bonchev–Trinajstić information content (AvgIpc) is 3.57. The third-order valence-corrected chi connectivity index (χ3v) is 10.7. The molecule has 0 radical (unpaired) electrons. The van der Waals surface area contributed by atoms with E-state index in [4.69, 9.17) is 4.74 Å². The van der Waals surface area contributed by atoms with Gasteiger partial charge in [-0.1, -0.05) is 30.7 Å². The Morgan fingerprint density at radius 3 is 2.78 bits per heavy atom. The van der Waals surface area contributed by atoms with Crippen molar-refractivity contribution in [3.05, 3.63) is 23.8 Å². The molecule has 10 atom stereocenters. The smallest absolute Gasteiger partial charge is 0.306 e. The maximum Gasteiger partial charge on any atom is 0.306 e. The van der Waals surface area contributed by atoms with Crippen LogP contribution in [0.2, 0.25) is 0 Å². The lowest BCUT2D eigenvalue weighted by molar-refractivity contribution is -0.179. The molecule has 0 aromatic rings. The predicted octanol–water partition coefficient (Wildman–Crippen LogP) is 5.29. The van der Waals surface area contributed by atoms with Crippen LogP contribution >= 0.6 is 0 Å². The molecule has 1 saturated heterocycles. The molecule has 0 N–H and O–H groups in total. The molecule has 1 spiro atoms. The standard InChI is InChI=1S/C25H32O2/c1-3-24-8-6-15-14-5-4-13(2)10-16(14)17-11-18(17)22(15)23(24)19-12-20(19)25(24)9-7-21(26)27-25/h10,14-15,17-20,22-23H,2-9,11-12H2,1H3/t14-,15?,17?,18?,19?,20+,22?,23?,24+,25?/m1/s1. The van der Waals surface area contributed by atoms with Crippen LogP contribution in [0.25, 0.3) is 0 Å². The molecule has 0 aromatic heterocycles. The van der Waals surface area contributed by atoms with Crippen LogP contribution in [0.5, 0.6) is 0 Å². The lowest BCUT2D eigenvalue weighted by Crippen LogP contribution is -2.56. The summed E-state index contributed by atoms with van der Waals surface area (Å²) in [7, 11) is 0. The first-order chi connectivity index (χ1) is 13.1. The van der Waals surface area contributed by atoms with Gasteiger partial charge in [0.15, 0.2) is 0 Å². The Morgan fingerprint density at radius 1 is 1.11 bits per heavy atom. The number of ether oxygens (including phenoxy) is 1. The second-order valence-electron chi connectivity index (χ2n) is 11.1. The zero-order chi connectivity index (χ0) is 18.1. The van der Waals surface area contributed by atoms with Crippen molar-refractivity contribution in [3.8, 4) is 0 Å². The maximum atomic E-state index is 12.2. The van der Waals surface area contributed by atoms with E-state index < -0.39 is 0 Å². The minimum Gasteiger partial charge on any atom is -0.458 e. The van der Waals surface area contributed by atoms with Crippen LogP contribution in [0.15, 0.2) is 23.8 Å². The highest BCUT2D eigenvalue weighted by Gasteiger charge is 2.81. The fraction of sp³-hybridized carbons (Fsp3) is 0.800. The summed E-state index contributed by atoms with van der Waals surface area (Å²) in [5.41, 5.74) is 3.42. The van der Waals surface area contributed by atoms with Crippen LogP contribution in [-0.2, 0) is 9.53 Å². The van der Waals surface area contributed by atoms with Crippen molar-refractivity contribution >= 4 is 5.97 Å². The average molecular weight is 365 g/mol. The highest BCUT2D eigenvalue weighted by molar-refractivity contribution is 5.73. The van der Waals surface area contributed by atoms with Gasteiger partial charge in [-0.05, 0) is 92.8 Å². The minimum absolute atomic E-state index is 0.0690. The van der Waals surface area contributed by atoms with E-state index in [0.717, 1.165) is 47.8 Å². The molecule has 0 bridgehead atoms. The Bertz CT molecular complexity index is 794. The van der Waals surface area contributed by atoms with Gasteiger partial charge < -0.3 is 4.74 Å². The van der Waals surface area contributed by atoms with Crippen molar-refractivity contribution < 1.29 is 9.53 Å². The van der Waals surface area contributed by atoms with Gasteiger partial charge in [0.2, 0.25) is 0 Å². The molecular weight excluding hydrogens is 332 g/mol. The van der Waals surface area contributed by atoms with Gasteiger partial charge >= 0.3 is 5.97 Å². The number of fused-ring (bicyclic) bond motifs is 12. The first kappa shape index (κ1) is 15.8. The summed E-state index contributed by atoms with van der Waals surface area (Å²) >= 11 is 0. The lowest BCUT2D eigenvalue weighted by Gasteiger charge is -2.58. The Hall–Kier alpha value is -1.05. The Kier molecular flexibility index (Phi) is 2.78. The molecule has 27 heavy (non-hydrogen) atoms. The summed E-state index contributed by atoms with van der Waals surface area (Å²) in [6.45, 7) is 6.70. The summed E-state index contributed by atoms with van der Waals surface area (Å²) in [4.78, 5) is 12.2. The van der Waals surface area contributed by atoms with Gasteiger partial charge in [0.25, 0.3) is 0 Å². The minimum atomic E-state index is -0.0690. The summed E-state index contributed by atoms with van der Waals surface area (Å²) in [5.74, 6) is 7.01. The first-order valence-electron chi connectivity index (χ1n) is 11.7. The van der Waals surface area contributed by atoms with Crippen LogP contribution in [0.1, 0.15) is 64.7 Å². The number of rotatable bonds is 1. The van der Waals surface area contributed by atoms with Crippen LogP contribution < -0.4 is 0 Å². The SMILES string of the molecule is C=C1C=C2C3CC3C3C(CC[C@@]4(CC)C3C3C[C@@H]3C43CCC(=O)O3)[C@H]2CC1. The molecule has 5 saturated carbocycles. The number of carbonyl (C=O) groups excluding carboxylic acids is 1. The summed E-state index contributed by atoms with van der Waals surface area (Å²) in [6, 6.07) is 0. The van der Waals surface area contributed by atoms with Crippen molar-refractivity contribution in [3.63, 3.8) is 0 Å². The van der Waals surface area contributed by atoms with E-state index in [1.807, 2.05) is 0 Å². The lowest BCUT2D eigenvalue weighted by atomic mass is 9.47. The highest BCUT2D eigenvalue weighted by Crippen LogP contribution is 2.81. The molecule has 2 heteroatoms. The van der Waals surface area contributed by atoms with Crippen LogP contribution in [-0.4, -0.2) is 11.6 Å². The van der Waals surface area contributed by atoms with Crippen molar-refractivity contribution in [2.75, 3.05) is 0 Å². The topological polar surface area (TPSA) is 26.3 Å². The van der Waals surface area contributed by atoms with E-state index in [1.165, 1.54) is 50.5 Å². The van der Waals surface area contributed by atoms with Crippen LogP contribution in [0, 0.1) is 52.8 Å². The predicted molar refractivity (Wildman–Crippen MR) is 104 cm³/mol. The number of carbonyl (C=O) groups is 1. The fourth-order valence-corrected chi connectivity index (χ4v) is 9.88. The Morgan fingerprint density at radius 2 is 2.00 bits per heavy atom. The molecule has 0 amide bonds. The molecule has 2 nitrogen and oxygen atoms in total. The van der Waals surface area contributed by atoms with Crippen LogP contribution in [0.4, 0.5) is 0 Å². The number of allylic oxidation sites excluding steroid dienone is 3. The normalized spacial score (nSPS) is 59.2. The monoisotopic (exact) mass is 364 g/mol. The fourth-order valence-electron chi connectivity index (χ4n) is 9.88. The largest absolute Gasteiger partial charge is 0.458 e. The van der Waals surface area contributed by atoms with Crippen LogP contribution in [0.3, 0.4) is 0 Å². The van der Waals surface area contributed by atoms with Gasteiger partial charge in [-0.15, -0.1) is 0 Å². The van der Waals surface area contributed by atoms with Gasteiger partial charge in [-0.25, -0.2) is 0 Å². The molecule has 1 heterocycles. The molecule has 6 aliphatic carbocycles. The van der Waals surface area contributed by atoms with E-state index in [2.05, 4.69) is 19.6 Å². The molecule has 1 aliphatic heterocycles. The number of hydrogen-bond acceptors (Lipinski definition) is 2. The first-order valence-corrected chi connectivity index (χ1v) is 11.7. The summed E-state index contributed by atoms with van der Waals surface area (Å²) in [5, 5.41) is 0.